The minimum Gasteiger partial charge on any atom is -0.748 e. The highest BCUT2D eigenvalue weighted by molar-refractivity contribution is 14.1. The van der Waals surface area contributed by atoms with Gasteiger partial charge in [0.2, 0.25) is 0 Å². The summed E-state index contributed by atoms with van der Waals surface area (Å²) in [6.45, 7) is -1.30. The third kappa shape index (κ3) is 23.7. The number of Topliss-reactive ketones (excluding diaryl/α,β-unsaturated/α-hetero) is 1. The molecule has 116 heavy (non-hydrogen) atoms. The lowest BCUT2D eigenvalue weighted by molar-refractivity contribution is -0.167. The van der Waals surface area contributed by atoms with Gasteiger partial charge >= 0.3 is 23.9 Å². The zero-order valence-corrected chi connectivity index (χ0v) is 73.2. The molecule has 29 nitrogen and oxygen atoms in total. The van der Waals surface area contributed by atoms with E-state index in [1.54, 1.807) is 72.8 Å². The molecule has 0 radical (unpaired) electrons. The third-order valence-electron chi connectivity index (χ3n) is 21.1. The molecule has 4 amide bonds. The fraction of sp³-hybridized carbons (Fsp3) is 0.354. The number of esters is 4. The van der Waals surface area contributed by atoms with Gasteiger partial charge in [0.15, 0.2) is 0 Å². The highest BCUT2D eigenvalue weighted by Crippen LogP contribution is 2.61. The van der Waals surface area contributed by atoms with E-state index in [9.17, 15) is 95.0 Å². The van der Waals surface area contributed by atoms with Gasteiger partial charge in [0, 0.05) is 52.3 Å². The summed E-state index contributed by atoms with van der Waals surface area (Å²) in [5.74, 6) is -5.06. The molecule has 3 atom stereocenters. The smallest absolute Gasteiger partial charge is 0.344 e. The van der Waals surface area contributed by atoms with Gasteiger partial charge in [-0.25, -0.2) is 38.5 Å². The van der Waals surface area contributed by atoms with E-state index in [4.69, 9.17) is 18.9 Å². The topological polar surface area (TPSA) is 467 Å². The second kappa shape index (κ2) is 37.9. The maximum atomic E-state index is 13.2. The Balaban J connectivity index is 0.000000152. The van der Waals surface area contributed by atoms with Crippen molar-refractivity contribution < 1.29 is 114 Å². The highest BCUT2D eigenvalue weighted by atomic mass is 127. The van der Waals surface area contributed by atoms with Crippen LogP contribution in [0.5, 0.6) is 23.0 Å². The van der Waals surface area contributed by atoms with Gasteiger partial charge in [-0.2, -0.15) is 0 Å². The molecule has 4 N–H and O–H groups in total. The number of halogens is 4. The summed E-state index contributed by atoms with van der Waals surface area (Å²) in [5.41, 5.74) is 1.37. The molecule has 0 heterocycles. The van der Waals surface area contributed by atoms with Crippen LogP contribution in [0, 0.1) is 60.6 Å². The maximum absolute atomic E-state index is 13.2. The fourth-order valence-electron chi connectivity index (χ4n) is 16.6. The van der Waals surface area contributed by atoms with E-state index >= 15 is 0 Å². The lowest BCUT2D eigenvalue weighted by Gasteiger charge is -2.55. The molecule has 3 unspecified atom stereocenters. The summed E-state index contributed by atoms with van der Waals surface area (Å²) in [5, 5.41) is 11.1. The van der Waals surface area contributed by atoms with Gasteiger partial charge in [-0.3, -0.25) is 38.4 Å². The van der Waals surface area contributed by atoms with E-state index in [2.05, 4.69) is 43.9 Å². The van der Waals surface area contributed by atoms with E-state index < -0.39 is 122 Å². The summed E-state index contributed by atoms with van der Waals surface area (Å²) < 4.78 is 154. The largest absolute Gasteiger partial charge is 0.748 e. The van der Waals surface area contributed by atoms with Gasteiger partial charge in [0.25, 0.3) is 23.6 Å². The van der Waals surface area contributed by atoms with Crippen molar-refractivity contribution in [2.24, 2.45) is 46.3 Å². The molecule has 0 aromatic heterocycles. The predicted molar refractivity (Wildman–Crippen MR) is 450 cm³/mol. The van der Waals surface area contributed by atoms with Crippen molar-refractivity contribution in [2.75, 3.05) is 49.2 Å². The van der Waals surface area contributed by atoms with Crippen LogP contribution in [-0.2, 0) is 59.7 Å². The number of ether oxygens (including phenoxy) is 4. The molecule has 0 aliphatic heterocycles. The van der Waals surface area contributed by atoms with Crippen molar-refractivity contribution >= 4 is 201 Å². The molecule has 7 aromatic rings. The van der Waals surface area contributed by atoms with E-state index in [1.807, 2.05) is 122 Å². The minimum atomic E-state index is -4.45. The van der Waals surface area contributed by atoms with E-state index in [1.165, 1.54) is 43.5 Å². The molecule has 8 saturated carbocycles. The van der Waals surface area contributed by atoms with Gasteiger partial charge in [-0.05, 0) is 285 Å². The number of rotatable bonds is 24. The van der Waals surface area contributed by atoms with Crippen LogP contribution in [0.1, 0.15) is 139 Å². The van der Waals surface area contributed by atoms with Gasteiger partial charge in [-0.15, -0.1) is 0 Å². The number of benzene rings is 7. The molecule has 37 heteroatoms. The standard InChI is InChI=1S/C20H22INO7S.C20H24INO6S.C20H16INO6S.C19H16INO6S/c21-14-1-2-15(18(24)22-3-4-30(26,27)28)16(7-14)29-19(25)20-8-11-5-12(9-20)17(23)13(6-11)10-20;21-15-1-2-16(18(23)22-3-4-29(25,26)27)17(8-15)28-19(24)20-9-12-5-13(10-20)7-14(6-12)11-20;21-14-8-9-17(19(23)22-10-11-29(25,26)27)18(12-14)28-20(24)16-7-3-5-13-4-1-2-6-15(13)16;20-13-6-8-16(18(22)21-9-10-28(24,25)26)17(11-13)27-19(23)15-7-5-12-3-1-2-4-14(12)15/h1-2,7,11-13H,3-6,8-10H2,(H,22,24)(H,26,27,28);1-2,8,12-14H,3-7,9-11H2,(H,22,23)(H,25,26,27);1-9,12H,10-11H2,(H,22,23)(H,25,26,27);1-8,11,15H,9-10H2,(H,21,22)(H,24,25,26)/p-4. The van der Waals surface area contributed by atoms with Crippen molar-refractivity contribution in [3.05, 3.63) is 199 Å². The van der Waals surface area contributed by atoms with Crippen LogP contribution in [0.25, 0.3) is 16.8 Å². The first-order valence-electron chi connectivity index (χ1n) is 36.4. The molecule has 0 spiro atoms. The summed E-state index contributed by atoms with van der Waals surface area (Å²) in [6, 6.07) is 39.0. The summed E-state index contributed by atoms with van der Waals surface area (Å²) >= 11 is 8.16. The van der Waals surface area contributed by atoms with Crippen molar-refractivity contribution in [3.8, 4) is 23.0 Å². The summed E-state index contributed by atoms with van der Waals surface area (Å²) in [7, 11) is -17.7. The first-order valence-corrected chi connectivity index (χ1v) is 47.0. The monoisotopic (exact) mass is 2110 g/mol. The Kier molecular flexibility index (Phi) is 29.2. The van der Waals surface area contributed by atoms with Crippen LogP contribution in [0.15, 0.2) is 146 Å². The number of hydrogen-bond acceptors (Lipinski definition) is 25. The van der Waals surface area contributed by atoms with Gasteiger partial charge < -0.3 is 58.4 Å². The zero-order chi connectivity index (χ0) is 83.8. The average molecular weight is 2120 g/mol. The Labute approximate surface area is 723 Å². The zero-order valence-electron chi connectivity index (χ0n) is 61.3. The van der Waals surface area contributed by atoms with Gasteiger partial charge in [0.05, 0.1) is 102 Å². The molecule has 8 fully saturated rings. The Bertz CT molecular complexity index is 5510. The first-order chi connectivity index (χ1) is 54.7. The Morgan fingerprint density at radius 3 is 1.15 bits per heavy atom. The van der Waals surface area contributed by atoms with Crippen LogP contribution in [0.3, 0.4) is 0 Å². The maximum Gasteiger partial charge on any atom is 0.344 e. The highest BCUT2D eigenvalue weighted by Gasteiger charge is 2.60. The molecule has 16 rings (SSSR count). The lowest BCUT2D eigenvalue weighted by atomic mass is 9.49. The molecular weight excluding hydrogens is 2040 g/mol. The number of carbonyl (C=O) groups excluding carboxylic acids is 9. The van der Waals surface area contributed by atoms with Gasteiger partial charge in [-0.1, -0.05) is 72.8 Å². The van der Waals surface area contributed by atoms with Crippen LogP contribution >= 0.6 is 90.4 Å². The van der Waals surface area contributed by atoms with Crippen LogP contribution in [0.4, 0.5) is 0 Å². The molecular formula is C79H74I4N4O25S4-4. The fourth-order valence-corrected chi connectivity index (χ4v) is 19.8. The Hall–Kier alpha value is -7.47. The second-order valence-electron chi connectivity index (χ2n) is 29.4. The van der Waals surface area contributed by atoms with E-state index in [0.29, 0.717) is 48.5 Å². The molecule has 0 saturated heterocycles. The lowest BCUT2D eigenvalue weighted by Crippen LogP contribution is -2.55. The summed E-state index contributed by atoms with van der Waals surface area (Å²) in [4.78, 5) is 114. The normalized spacial score (nSPS) is 21.7. The van der Waals surface area contributed by atoms with Crippen LogP contribution in [0.2, 0.25) is 0 Å². The average Bonchev–Trinajstić information content (AvgIpc) is 0.872. The molecule has 8 bridgehead atoms. The van der Waals surface area contributed by atoms with Crippen molar-refractivity contribution in [3.63, 3.8) is 0 Å². The van der Waals surface area contributed by atoms with E-state index in [0.717, 1.165) is 68.3 Å². The van der Waals surface area contributed by atoms with E-state index in [-0.39, 0.29) is 95.0 Å². The first kappa shape index (κ1) is 89.3. The van der Waals surface area contributed by atoms with Crippen LogP contribution < -0.4 is 40.2 Å². The van der Waals surface area contributed by atoms with Crippen molar-refractivity contribution in [1.82, 2.24) is 21.3 Å². The minimum absolute atomic E-state index is 0.0392. The third-order valence-corrected chi connectivity index (χ3v) is 26.6. The number of fused-ring (bicyclic) bond motifs is 2. The van der Waals surface area contributed by atoms with Crippen LogP contribution in [-0.4, -0.2) is 154 Å². The molecule has 9 aliphatic carbocycles. The number of nitrogens with one attached hydrogen (secondary N) is 4. The number of amides is 4. The quantitative estimate of drug-likeness (QED) is 0.0189. The number of carbonyl (C=O) groups is 9. The Morgan fingerprint density at radius 2 is 0.741 bits per heavy atom. The molecule has 7 aromatic carbocycles. The van der Waals surface area contributed by atoms with Crippen molar-refractivity contribution in [2.45, 2.75) is 76.5 Å². The number of hydrogen-bond donors (Lipinski definition) is 4. The number of ketones is 1. The Morgan fingerprint density at radius 1 is 0.397 bits per heavy atom. The SMILES string of the molecule is O=C(NCCS(=O)(=O)[O-])c1ccc(I)cc1OC(=O)C12CC3CC(C1)C(=O)C(C3)C2.O=C(NCCS(=O)(=O)[O-])c1ccc(I)cc1OC(=O)C12CC3CC(CC(C3)C1)C2.O=C(NCCS(=O)(=O)[O-])c1ccc(I)cc1OC(=O)C1C=Cc2ccccc21.O=C(NCCS(=O)(=O)[O-])c1ccc(I)cc1OC(=O)c1cccc2ccccc12. The molecule has 9 aliphatic rings. The van der Waals surface area contributed by atoms with Crippen molar-refractivity contribution in [1.29, 1.82) is 0 Å². The summed E-state index contributed by atoms with van der Waals surface area (Å²) in [6.07, 6.45) is 13.2. The second-order valence-corrected chi connectivity index (χ2v) is 40.5. The predicted octanol–water partition coefficient (Wildman–Crippen LogP) is 9.78. The van der Waals surface area contributed by atoms with Gasteiger partial charge in [0.1, 0.15) is 34.7 Å². The molecule has 616 valence electrons.